The average molecular weight is 630 g/mol. The van der Waals surface area contributed by atoms with Gasteiger partial charge in [0.1, 0.15) is 16.5 Å². The summed E-state index contributed by atoms with van der Waals surface area (Å²) < 4.78 is 47.9. The molecule has 0 saturated carbocycles. The van der Waals surface area contributed by atoms with E-state index in [0.717, 1.165) is 44.7 Å². The third-order valence-corrected chi connectivity index (χ3v) is 8.75. The monoisotopic (exact) mass is 629 g/mol. The fourth-order valence-corrected chi connectivity index (χ4v) is 6.54. The van der Waals surface area contributed by atoms with Crippen LogP contribution in [0.4, 0.5) is 13.2 Å². The van der Waals surface area contributed by atoms with E-state index >= 15 is 0 Å². The molecule has 0 aliphatic heterocycles. The van der Waals surface area contributed by atoms with Gasteiger partial charge in [-0.3, -0.25) is 0 Å². The Morgan fingerprint density at radius 3 is 2.13 bits per heavy atom. The Bertz CT molecular complexity index is 2290. The first-order chi connectivity index (χ1) is 22.4. The summed E-state index contributed by atoms with van der Waals surface area (Å²) in [7, 11) is 0. The summed E-state index contributed by atoms with van der Waals surface area (Å²) >= 11 is 1.42. The molecule has 0 bridgehead atoms. The van der Waals surface area contributed by atoms with Crippen molar-refractivity contribution in [2.24, 2.45) is 0 Å². The first-order valence-corrected chi connectivity index (χ1v) is 15.2. The lowest BCUT2D eigenvalue weighted by atomic mass is 9.91. The maximum atomic E-state index is 13.3. The lowest BCUT2D eigenvalue weighted by Gasteiger charge is -2.15. The van der Waals surface area contributed by atoms with Crippen molar-refractivity contribution in [1.82, 2.24) is 24.8 Å². The molecular formula is C36H22F3N5OS. The standard InChI is InChI=1S/C36H22F3N5OS/c37-36(38,39)25-15-9-14-24(20-25)30-18-19-31(45-30)29-21-27(26-16-7-8-17-28(26)40-29)34-43-44-33(41-42-35(44)46-34)32(22-10-3-1-4-11-22)23-12-5-2-6-13-23/h1-21,32H. The van der Waals surface area contributed by atoms with Gasteiger partial charge < -0.3 is 4.42 Å². The lowest BCUT2D eigenvalue weighted by molar-refractivity contribution is -0.137. The van der Waals surface area contributed by atoms with Gasteiger partial charge >= 0.3 is 6.18 Å². The van der Waals surface area contributed by atoms with Gasteiger partial charge in [0.15, 0.2) is 11.6 Å². The van der Waals surface area contributed by atoms with Crippen LogP contribution in [0.5, 0.6) is 0 Å². The molecule has 6 nitrogen and oxygen atoms in total. The van der Waals surface area contributed by atoms with E-state index in [2.05, 4.69) is 34.5 Å². The molecule has 0 amide bonds. The van der Waals surface area contributed by atoms with Gasteiger partial charge in [0.05, 0.1) is 17.0 Å². The number of nitrogens with zero attached hydrogens (tertiary/aromatic N) is 5. The molecule has 8 aromatic rings. The predicted molar refractivity (Wildman–Crippen MR) is 171 cm³/mol. The topological polar surface area (TPSA) is 69.1 Å². The van der Waals surface area contributed by atoms with Gasteiger partial charge in [0.25, 0.3) is 0 Å². The lowest BCUT2D eigenvalue weighted by Crippen LogP contribution is -2.08. The first-order valence-electron chi connectivity index (χ1n) is 14.4. The van der Waals surface area contributed by atoms with Crippen molar-refractivity contribution in [2.45, 2.75) is 12.1 Å². The van der Waals surface area contributed by atoms with Crippen molar-refractivity contribution in [3.63, 3.8) is 0 Å². The summed E-state index contributed by atoms with van der Waals surface area (Å²) in [5.74, 6) is 1.25. The highest BCUT2D eigenvalue weighted by Gasteiger charge is 2.31. The highest BCUT2D eigenvalue weighted by molar-refractivity contribution is 7.19. The van der Waals surface area contributed by atoms with Crippen LogP contribution in [0, 0.1) is 0 Å². The molecule has 0 fully saturated rings. The van der Waals surface area contributed by atoms with Crippen LogP contribution >= 0.6 is 11.3 Å². The molecule has 4 aromatic carbocycles. The molecule has 0 N–H and O–H groups in total. The molecule has 0 saturated heterocycles. The normalized spacial score (nSPS) is 12.0. The largest absolute Gasteiger partial charge is 0.454 e. The Morgan fingerprint density at radius 2 is 1.39 bits per heavy atom. The minimum absolute atomic E-state index is 0.186. The van der Waals surface area contributed by atoms with Gasteiger partial charge in [-0.1, -0.05) is 102 Å². The Morgan fingerprint density at radius 1 is 0.696 bits per heavy atom. The predicted octanol–water partition coefficient (Wildman–Crippen LogP) is 9.53. The molecule has 0 unspecified atom stereocenters. The van der Waals surface area contributed by atoms with Crippen LogP contribution in [0.1, 0.15) is 28.4 Å². The zero-order chi connectivity index (χ0) is 31.3. The number of hydrogen-bond acceptors (Lipinski definition) is 6. The van der Waals surface area contributed by atoms with Crippen LogP contribution in [0.25, 0.3) is 49.2 Å². The maximum absolute atomic E-state index is 13.3. The number of hydrogen-bond donors (Lipinski definition) is 0. The second-order valence-corrected chi connectivity index (χ2v) is 11.7. The van der Waals surface area contributed by atoms with E-state index < -0.39 is 11.7 Å². The maximum Gasteiger partial charge on any atom is 0.416 e. The molecule has 0 radical (unpaired) electrons. The molecule has 0 aliphatic carbocycles. The molecule has 10 heteroatoms. The Hall–Kier alpha value is -5.61. The smallest absolute Gasteiger partial charge is 0.416 e. The van der Waals surface area contributed by atoms with Crippen LogP contribution in [0.15, 0.2) is 132 Å². The molecule has 0 atom stereocenters. The molecule has 8 rings (SSSR count). The zero-order valence-electron chi connectivity index (χ0n) is 23.9. The third kappa shape index (κ3) is 5.02. The van der Waals surface area contributed by atoms with E-state index in [1.807, 2.05) is 66.7 Å². The number of furan rings is 1. The van der Waals surface area contributed by atoms with Crippen LogP contribution < -0.4 is 0 Å². The number of aromatic nitrogens is 5. The van der Waals surface area contributed by atoms with Crippen molar-refractivity contribution in [3.05, 3.63) is 150 Å². The van der Waals surface area contributed by atoms with Gasteiger partial charge in [-0.25, -0.2) is 4.98 Å². The Labute approximate surface area is 264 Å². The number of rotatable bonds is 6. The SMILES string of the molecule is FC(F)(F)c1cccc(-c2ccc(-c3cc(-c4nn5c(C(c6ccccc6)c6ccccc6)nnc5s4)c4ccccc4n3)o2)c1. The molecule has 224 valence electrons. The number of benzene rings is 4. The highest BCUT2D eigenvalue weighted by atomic mass is 32.1. The van der Waals surface area contributed by atoms with Crippen molar-refractivity contribution in [2.75, 3.05) is 0 Å². The van der Waals surface area contributed by atoms with E-state index in [9.17, 15) is 13.2 Å². The second kappa shape index (κ2) is 11.1. The second-order valence-electron chi connectivity index (χ2n) is 10.7. The summed E-state index contributed by atoms with van der Waals surface area (Å²) in [5.41, 5.74) is 3.82. The van der Waals surface area contributed by atoms with Gasteiger partial charge in [-0.15, -0.1) is 10.2 Å². The quantitative estimate of drug-likeness (QED) is 0.183. The fraction of sp³-hybridized carbons (Fsp3) is 0.0556. The fourth-order valence-electron chi connectivity index (χ4n) is 5.66. The van der Waals surface area contributed by atoms with Gasteiger partial charge in [-0.05, 0) is 47.5 Å². The van der Waals surface area contributed by atoms with Crippen molar-refractivity contribution in [1.29, 1.82) is 0 Å². The molecule has 4 aromatic heterocycles. The van der Waals surface area contributed by atoms with E-state index in [1.54, 1.807) is 22.7 Å². The van der Waals surface area contributed by atoms with Gasteiger partial charge in [0, 0.05) is 16.5 Å². The summed E-state index contributed by atoms with van der Waals surface area (Å²) in [5, 5.41) is 15.7. The van der Waals surface area contributed by atoms with Crippen LogP contribution in [-0.4, -0.2) is 24.8 Å². The average Bonchev–Trinajstić information content (AvgIpc) is 3.83. The van der Waals surface area contributed by atoms with Crippen LogP contribution in [0.3, 0.4) is 0 Å². The number of fused-ring (bicyclic) bond motifs is 2. The van der Waals surface area contributed by atoms with Crippen molar-refractivity contribution in [3.8, 4) is 33.3 Å². The summed E-state index contributed by atoms with van der Waals surface area (Å²) in [4.78, 5) is 5.48. The number of para-hydroxylation sites is 1. The van der Waals surface area contributed by atoms with Crippen LogP contribution in [-0.2, 0) is 6.18 Å². The van der Waals surface area contributed by atoms with E-state index in [0.29, 0.717) is 33.6 Å². The van der Waals surface area contributed by atoms with Crippen LogP contribution in [0.2, 0.25) is 0 Å². The first kappa shape index (κ1) is 27.9. The molecule has 0 spiro atoms. The minimum Gasteiger partial charge on any atom is -0.454 e. The van der Waals surface area contributed by atoms with E-state index in [-0.39, 0.29) is 5.92 Å². The van der Waals surface area contributed by atoms with Crippen molar-refractivity contribution < 1.29 is 17.6 Å². The summed E-state index contributed by atoms with van der Waals surface area (Å²) in [6, 6.07) is 38.4. The number of pyridine rings is 1. The third-order valence-electron chi connectivity index (χ3n) is 7.82. The zero-order valence-corrected chi connectivity index (χ0v) is 24.7. The summed E-state index contributed by atoms with van der Waals surface area (Å²) in [6.07, 6.45) is -4.45. The van der Waals surface area contributed by atoms with Crippen molar-refractivity contribution >= 4 is 27.2 Å². The number of halogens is 3. The number of alkyl halides is 3. The highest BCUT2D eigenvalue weighted by Crippen LogP contribution is 2.38. The summed E-state index contributed by atoms with van der Waals surface area (Å²) in [6.45, 7) is 0. The van der Waals surface area contributed by atoms with E-state index in [4.69, 9.17) is 14.5 Å². The van der Waals surface area contributed by atoms with E-state index in [1.165, 1.54) is 17.4 Å². The molecule has 46 heavy (non-hydrogen) atoms. The Balaban J connectivity index is 1.23. The minimum atomic E-state index is -4.45. The van der Waals surface area contributed by atoms with Gasteiger partial charge in [-0.2, -0.15) is 22.8 Å². The Kier molecular flexibility index (Phi) is 6.72. The van der Waals surface area contributed by atoms with Gasteiger partial charge in [0.2, 0.25) is 4.96 Å². The molecular weight excluding hydrogens is 607 g/mol. The molecule has 0 aliphatic rings. The molecule has 4 heterocycles.